The van der Waals surface area contributed by atoms with Gasteiger partial charge in [-0.1, -0.05) is 17.7 Å². The topological polar surface area (TPSA) is 55.1 Å². The average molecular weight is 333 g/mol. The van der Waals surface area contributed by atoms with Crippen molar-refractivity contribution in [1.82, 2.24) is 9.55 Å². The molecule has 0 aliphatic carbocycles. The van der Waals surface area contributed by atoms with Crippen LogP contribution < -0.4 is 0 Å². The monoisotopic (exact) mass is 332 g/mol. The van der Waals surface area contributed by atoms with Crippen molar-refractivity contribution in [3.05, 3.63) is 64.3 Å². The number of pyridine rings is 1. The van der Waals surface area contributed by atoms with Crippen LogP contribution in [0.3, 0.4) is 0 Å². The summed E-state index contributed by atoms with van der Waals surface area (Å²) in [6.45, 7) is 2.36. The van der Waals surface area contributed by atoms with Crippen molar-refractivity contribution >= 4 is 28.5 Å². The smallest absolute Gasteiger partial charge is 0.307 e. The third-order valence-electron chi connectivity index (χ3n) is 3.91. The second kappa shape index (κ2) is 6.01. The fraction of sp³-hybridized carbons (Fsp3) is 0.176. The van der Waals surface area contributed by atoms with Gasteiger partial charge in [0.2, 0.25) is 0 Å². The number of fused-ring (bicyclic) bond motifs is 1. The van der Waals surface area contributed by atoms with Gasteiger partial charge in [0, 0.05) is 30.0 Å². The van der Waals surface area contributed by atoms with Gasteiger partial charge in [0.05, 0.1) is 17.0 Å². The van der Waals surface area contributed by atoms with E-state index < -0.39 is 11.8 Å². The molecule has 3 rings (SSSR count). The van der Waals surface area contributed by atoms with Crippen LogP contribution in [0, 0.1) is 12.7 Å². The zero-order chi connectivity index (χ0) is 16.6. The van der Waals surface area contributed by atoms with Crippen LogP contribution in [0.25, 0.3) is 10.9 Å². The second-order valence-electron chi connectivity index (χ2n) is 5.36. The molecule has 0 saturated carbocycles. The zero-order valence-corrected chi connectivity index (χ0v) is 13.1. The Morgan fingerprint density at radius 2 is 2.17 bits per heavy atom. The molecule has 3 aromatic rings. The third kappa shape index (κ3) is 2.92. The van der Waals surface area contributed by atoms with Gasteiger partial charge in [-0.05, 0) is 36.2 Å². The highest BCUT2D eigenvalue weighted by Gasteiger charge is 2.16. The summed E-state index contributed by atoms with van der Waals surface area (Å²) in [5.41, 5.74) is 3.34. The van der Waals surface area contributed by atoms with Crippen LogP contribution in [0.5, 0.6) is 0 Å². The Balaban J connectivity index is 2.11. The lowest BCUT2D eigenvalue weighted by molar-refractivity contribution is -0.136. The van der Waals surface area contributed by atoms with Gasteiger partial charge in [0.1, 0.15) is 5.82 Å². The summed E-state index contributed by atoms with van der Waals surface area (Å²) >= 11 is 5.84. The summed E-state index contributed by atoms with van der Waals surface area (Å²) in [5, 5.41) is 10.0. The molecule has 2 aromatic heterocycles. The summed E-state index contributed by atoms with van der Waals surface area (Å²) in [6, 6.07) is 6.43. The molecule has 0 aliphatic heterocycles. The molecular weight excluding hydrogens is 319 g/mol. The zero-order valence-electron chi connectivity index (χ0n) is 12.4. The molecule has 0 saturated heterocycles. The van der Waals surface area contributed by atoms with E-state index in [-0.39, 0.29) is 11.4 Å². The minimum Gasteiger partial charge on any atom is -0.481 e. The van der Waals surface area contributed by atoms with Gasteiger partial charge in [-0.3, -0.25) is 9.78 Å². The molecule has 118 valence electrons. The summed E-state index contributed by atoms with van der Waals surface area (Å²) in [5.74, 6) is -1.35. The number of carbonyl (C=O) groups is 1. The lowest BCUT2D eigenvalue weighted by Gasteiger charge is -2.09. The van der Waals surface area contributed by atoms with Gasteiger partial charge >= 0.3 is 5.97 Å². The van der Waals surface area contributed by atoms with E-state index in [1.54, 1.807) is 24.5 Å². The van der Waals surface area contributed by atoms with Crippen molar-refractivity contribution in [2.75, 3.05) is 0 Å². The maximum Gasteiger partial charge on any atom is 0.307 e. The molecule has 0 spiro atoms. The highest BCUT2D eigenvalue weighted by atomic mass is 35.5. The molecule has 23 heavy (non-hydrogen) atoms. The second-order valence-corrected chi connectivity index (χ2v) is 5.77. The van der Waals surface area contributed by atoms with Gasteiger partial charge in [0.15, 0.2) is 0 Å². The number of carboxylic acid groups (broad SMARTS) is 1. The van der Waals surface area contributed by atoms with Crippen LogP contribution in [-0.4, -0.2) is 20.6 Å². The van der Waals surface area contributed by atoms with E-state index in [2.05, 4.69) is 4.98 Å². The predicted octanol–water partition coefficient (Wildman–Crippen LogP) is 3.81. The number of aromatic nitrogens is 2. The molecule has 0 aliphatic rings. The molecule has 4 nitrogen and oxygen atoms in total. The van der Waals surface area contributed by atoms with Crippen LogP contribution in [0.2, 0.25) is 5.02 Å². The van der Waals surface area contributed by atoms with Gasteiger partial charge in [-0.15, -0.1) is 0 Å². The van der Waals surface area contributed by atoms with E-state index >= 15 is 0 Å². The summed E-state index contributed by atoms with van der Waals surface area (Å²) < 4.78 is 15.3. The molecule has 0 atom stereocenters. The molecular formula is C17H14ClFN2O2. The first-order valence-electron chi connectivity index (χ1n) is 7.04. The first kappa shape index (κ1) is 15.5. The normalized spacial score (nSPS) is 11.1. The Labute approximate surface area is 137 Å². The Morgan fingerprint density at radius 1 is 1.39 bits per heavy atom. The molecule has 2 heterocycles. The average Bonchev–Trinajstić information content (AvgIpc) is 2.76. The maximum atomic E-state index is 13.3. The number of rotatable bonds is 4. The van der Waals surface area contributed by atoms with Gasteiger partial charge < -0.3 is 9.67 Å². The number of benzene rings is 1. The molecule has 0 fully saturated rings. The molecule has 0 radical (unpaired) electrons. The SMILES string of the molecule is Cc1c(CC(=O)O)c2cnccc2n1Cc1ccc(F)c(Cl)c1. The van der Waals surface area contributed by atoms with E-state index in [1.807, 2.05) is 17.6 Å². The third-order valence-corrected chi connectivity index (χ3v) is 4.20. The molecule has 0 amide bonds. The van der Waals surface area contributed by atoms with Gasteiger partial charge in [-0.2, -0.15) is 0 Å². The number of nitrogens with zero attached hydrogens (tertiary/aromatic N) is 2. The number of hydrogen-bond donors (Lipinski definition) is 1. The lowest BCUT2D eigenvalue weighted by Crippen LogP contribution is -2.05. The number of carboxylic acids is 1. The molecule has 1 N–H and O–H groups in total. The number of aliphatic carboxylic acids is 1. The van der Waals surface area contributed by atoms with Crippen LogP contribution in [0.1, 0.15) is 16.8 Å². The lowest BCUT2D eigenvalue weighted by atomic mass is 10.1. The quantitative estimate of drug-likeness (QED) is 0.790. The minimum atomic E-state index is -0.888. The fourth-order valence-electron chi connectivity index (χ4n) is 2.79. The standard InChI is InChI=1S/C17H14ClFN2O2/c1-10-12(7-17(22)23)13-8-20-5-4-16(13)21(10)9-11-2-3-15(19)14(18)6-11/h2-6,8H,7,9H2,1H3,(H,22,23). The molecule has 1 aromatic carbocycles. The minimum absolute atomic E-state index is 0.0643. The Bertz CT molecular complexity index is 905. The van der Waals surface area contributed by atoms with Crippen LogP contribution >= 0.6 is 11.6 Å². The van der Waals surface area contributed by atoms with Crippen molar-refractivity contribution in [2.24, 2.45) is 0 Å². The van der Waals surface area contributed by atoms with Crippen molar-refractivity contribution in [3.8, 4) is 0 Å². The van der Waals surface area contributed by atoms with E-state index in [1.165, 1.54) is 6.07 Å². The first-order chi connectivity index (χ1) is 11.0. The predicted molar refractivity (Wildman–Crippen MR) is 86.3 cm³/mol. The van der Waals surface area contributed by atoms with Crippen LogP contribution in [-0.2, 0) is 17.8 Å². The van der Waals surface area contributed by atoms with Crippen molar-refractivity contribution < 1.29 is 14.3 Å². The summed E-state index contributed by atoms with van der Waals surface area (Å²) in [4.78, 5) is 15.2. The van der Waals surface area contributed by atoms with Crippen LogP contribution in [0.15, 0.2) is 36.7 Å². The number of hydrogen-bond acceptors (Lipinski definition) is 2. The van der Waals surface area contributed by atoms with Crippen molar-refractivity contribution in [3.63, 3.8) is 0 Å². The molecule has 0 bridgehead atoms. The van der Waals surface area contributed by atoms with Crippen molar-refractivity contribution in [1.29, 1.82) is 0 Å². The highest BCUT2D eigenvalue weighted by Crippen LogP contribution is 2.27. The summed E-state index contributed by atoms with van der Waals surface area (Å²) in [6.07, 6.45) is 3.28. The Kier molecular flexibility index (Phi) is 4.05. The van der Waals surface area contributed by atoms with Gasteiger partial charge in [-0.25, -0.2) is 4.39 Å². The Morgan fingerprint density at radius 3 is 2.87 bits per heavy atom. The van der Waals surface area contributed by atoms with Gasteiger partial charge in [0.25, 0.3) is 0 Å². The van der Waals surface area contributed by atoms with Crippen LogP contribution in [0.4, 0.5) is 4.39 Å². The van der Waals surface area contributed by atoms with E-state index in [9.17, 15) is 9.18 Å². The fourth-order valence-corrected chi connectivity index (χ4v) is 3.00. The molecule has 0 unspecified atom stereocenters. The van der Waals surface area contributed by atoms with E-state index in [4.69, 9.17) is 16.7 Å². The number of halogens is 2. The van der Waals surface area contributed by atoms with Crippen molar-refractivity contribution in [2.45, 2.75) is 19.9 Å². The first-order valence-corrected chi connectivity index (χ1v) is 7.42. The van der Waals surface area contributed by atoms with E-state index in [0.717, 1.165) is 27.7 Å². The largest absolute Gasteiger partial charge is 0.481 e. The summed E-state index contributed by atoms with van der Waals surface area (Å²) in [7, 11) is 0. The molecule has 6 heteroatoms. The maximum absolute atomic E-state index is 13.3. The highest BCUT2D eigenvalue weighted by molar-refractivity contribution is 6.30. The Hall–Kier alpha value is -2.40. The van der Waals surface area contributed by atoms with E-state index in [0.29, 0.717) is 6.54 Å².